The molecule has 3 saturated heterocycles. The van der Waals surface area contributed by atoms with Crippen molar-refractivity contribution in [2.45, 2.75) is 107 Å². The van der Waals surface area contributed by atoms with Gasteiger partial charge >= 0.3 is 0 Å². The molecule has 0 aromatic heterocycles. The summed E-state index contributed by atoms with van der Waals surface area (Å²) in [5, 5.41) is 15.4. The molecule has 11 rings (SSSR count). The lowest BCUT2D eigenvalue weighted by Gasteiger charge is -2.51. The molecule has 0 N–H and O–H groups in total. The van der Waals surface area contributed by atoms with E-state index in [9.17, 15) is 5.26 Å². The van der Waals surface area contributed by atoms with Crippen LogP contribution < -0.4 is 0 Å². The first-order chi connectivity index (χ1) is 38.4. The lowest BCUT2D eigenvalue weighted by atomic mass is 9.95. The molecule has 400 valence electrons. The van der Waals surface area contributed by atoms with Crippen LogP contribution in [-0.2, 0) is 91.6 Å². The summed E-state index contributed by atoms with van der Waals surface area (Å²) in [6.45, 7) is 1.14. The van der Waals surface area contributed by atoms with Gasteiger partial charge in [0.1, 0.15) is 54.9 Å². The van der Waals surface area contributed by atoms with Crippen LogP contribution in [0.5, 0.6) is 0 Å². The van der Waals surface area contributed by atoms with E-state index in [0.717, 1.165) is 58.5 Å². The number of rotatable bonds is 21. The molecule has 78 heavy (non-hydrogen) atoms. The van der Waals surface area contributed by atoms with Crippen molar-refractivity contribution in [2.24, 2.45) is 0 Å². The van der Waals surface area contributed by atoms with Crippen molar-refractivity contribution in [3.63, 3.8) is 0 Å². The van der Waals surface area contributed by atoms with Crippen molar-refractivity contribution in [1.29, 1.82) is 5.26 Å². The van der Waals surface area contributed by atoms with Crippen molar-refractivity contribution in [3.8, 4) is 6.07 Å². The third kappa shape index (κ3) is 13.0. The summed E-state index contributed by atoms with van der Waals surface area (Å²) in [6.07, 6.45) is -8.05. The highest BCUT2D eigenvalue weighted by molar-refractivity contribution is 14.1. The average molecular weight is 1160 g/mol. The molecule has 8 aromatic carbocycles. The monoisotopic (exact) mass is 1160 g/mol. The number of ether oxygens (including phenoxy) is 11. The quantitative estimate of drug-likeness (QED) is 0.0636. The molecular formula is C65H62INO11. The molecule has 0 spiro atoms. The van der Waals surface area contributed by atoms with Gasteiger partial charge in [-0.1, -0.05) is 182 Å². The Morgan fingerprint density at radius 1 is 0.487 bits per heavy atom. The Morgan fingerprint density at radius 2 is 0.962 bits per heavy atom. The first-order valence-electron chi connectivity index (χ1n) is 26.5. The van der Waals surface area contributed by atoms with E-state index in [1.54, 1.807) is 7.11 Å². The molecule has 3 aliphatic heterocycles. The highest BCUT2D eigenvalue weighted by atomic mass is 127. The summed E-state index contributed by atoms with van der Waals surface area (Å²) in [4.78, 5) is 0. The van der Waals surface area contributed by atoms with E-state index in [2.05, 4.69) is 89.3 Å². The van der Waals surface area contributed by atoms with Gasteiger partial charge in [0.25, 0.3) is 5.79 Å². The van der Waals surface area contributed by atoms with Crippen molar-refractivity contribution in [3.05, 3.63) is 237 Å². The fourth-order valence-electron chi connectivity index (χ4n) is 10.5. The average Bonchev–Trinajstić information content (AvgIpc) is 3.62. The van der Waals surface area contributed by atoms with Crippen LogP contribution in [0.1, 0.15) is 33.4 Å². The van der Waals surface area contributed by atoms with Gasteiger partial charge in [-0.2, -0.15) is 5.26 Å². The van der Waals surface area contributed by atoms with Gasteiger partial charge < -0.3 is 52.1 Å². The van der Waals surface area contributed by atoms with Crippen molar-refractivity contribution in [1.82, 2.24) is 0 Å². The number of fused-ring (bicyclic) bond motifs is 3. The highest BCUT2D eigenvalue weighted by Crippen LogP contribution is 2.40. The lowest BCUT2D eigenvalue weighted by molar-refractivity contribution is -0.391. The molecule has 8 aromatic rings. The van der Waals surface area contributed by atoms with Gasteiger partial charge in [-0.15, -0.1) is 0 Å². The molecule has 0 bridgehead atoms. The smallest absolute Gasteiger partial charge is 0.264 e. The van der Waals surface area contributed by atoms with Crippen LogP contribution in [0.2, 0.25) is 0 Å². The number of methoxy groups -OCH3 is 1. The molecule has 1 unspecified atom stereocenters. The number of hydrogen-bond donors (Lipinski definition) is 0. The van der Waals surface area contributed by atoms with E-state index in [1.165, 1.54) is 0 Å². The third-order valence-corrected chi connectivity index (χ3v) is 15.6. The molecule has 0 radical (unpaired) electrons. The minimum absolute atomic E-state index is 0.0129. The van der Waals surface area contributed by atoms with E-state index in [4.69, 9.17) is 52.1 Å². The molecule has 11 atom stereocenters. The van der Waals surface area contributed by atoms with Crippen LogP contribution in [-0.4, -0.2) is 87.5 Å². The van der Waals surface area contributed by atoms with Crippen molar-refractivity contribution < 1.29 is 52.1 Å². The zero-order valence-electron chi connectivity index (χ0n) is 43.3. The second-order valence-corrected chi connectivity index (χ2v) is 21.0. The van der Waals surface area contributed by atoms with Crippen LogP contribution in [0.25, 0.3) is 21.5 Å². The molecule has 12 nitrogen and oxygen atoms in total. The SMILES string of the molecule is CO[C@H]1O[C@H](CO[C@H]2O[C@@H]3COC(C#N)(Cc4ccccc4I)O[C@H]3[C@H](OCc3ccc4ccccc4c3)[C@H]2OCc2ccc3ccccc3c2)[C@@H](OCc2ccccc2)[C@H](OCc2ccccc2)[C@H]1OCc1ccccc1. The fourth-order valence-corrected chi connectivity index (χ4v) is 11.1. The Bertz CT molecular complexity index is 3240. The highest BCUT2D eigenvalue weighted by Gasteiger charge is 2.56. The van der Waals surface area contributed by atoms with E-state index in [0.29, 0.717) is 0 Å². The van der Waals surface area contributed by atoms with Crippen LogP contribution in [0.4, 0.5) is 0 Å². The van der Waals surface area contributed by atoms with Crippen LogP contribution in [0.15, 0.2) is 200 Å². The van der Waals surface area contributed by atoms with Gasteiger partial charge in [0.15, 0.2) is 12.6 Å². The second kappa shape index (κ2) is 25.9. The third-order valence-electron chi connectivity index (χ3n) is 14.6. The molecule has 13 heteroatoms. The van der Waals surface area contributed by atoms with Gasteiger partial charge in [-0.05, 0) is 95.7 Å². The van der Waals surface area contributed by atoms with Gasteiger partial charge in [0.05, 0.1) is 46.2 Å². The largest absolute Gasteiger partial charge is 0.368 e. The number of nitriles is 1. The molecule has 0 saturated carbocycles. The predicted octanol–water partition coefficient (Wildman–Crippen LogP) is 11.8. The predicted molar refractivity (Wildman–Crippen MR) is 302 cm³/mol. The number of halogens is 1. The second-order valence-electron chi connectivity index (χ2n) is 19.9. The first-order valence-corrected chi connectivity index (χ1v) is 27.6. The number of benzene rings is 8. The van der Waals surface area contributed by atoms with Gasteiger partial charge in [-0.25, -0.2) is 0 Å². The lowest BCUT2D eigenvalue weighted by Crippen LogP contribution is -2.67. The van der Waals surface area contributed by atoms with Crippen LogP contribution >= 0.6 is 22.6 Å². The first kappa shape index (κ1) is 54.0. The van der Waals surface area contributed by atoms with Crippen molar-refractivity contribution in [2.75, 3.05) is 20.3 Å². The zero-order chi connectivity index (χ0) is 53.1. The summed E-state index contributed by atoms with van der Waals surface area (Å²) in [5.41, 5.74) is 5.74. The number of nitrogens with zero attached hydrogens (tertiary/aromatic N) is 1. The summed E-state index contributed by atoms with van der Waals surface area (Å²) < 4.78 is 76.3. The topological polar surface area (TPSA) is 125 Å². The standard InChI is InChI=1S/C65H62INO11/c1-68-63-61(72-38-46-21-9-4-10-22-46)59(70-37-45-19-7-3-8-20-45)57(69-36-44-17-5-2-6-18-44)55(76-63)41-74-64-62(73-40-48-30-32-50-24-12-14-26-52(50)34-48)60(71-39-47-29-31-49-23-11-13-25-51(49)33-47)58-56(77-64)42-75-65(43-67,78-58)35-53-27-15-16-28-54(53)66/h2-34,55-64H,35-42H2,1H3/t55-,56-,57-,58-,59+,60+,61-,62-,63+,64+,65?/m1/s1. The van der Waals surface area contributed by atoms with Crippen molar-refractivity contribution >= 4 is 44.1 Å². The summed E-state index contributed by atoms with van der Waals surface area (Å²) in [6, 6.07) is 69.3. The van der Waals surface area contributed by atoms with E-state index in [1.807, 2.05) is 140 Å². The van der Waals surface area contributed by atoms with E-state index < -0.39 is 67.2 Å². The normalized spacial score (nSPS) is 26.1. The maximum absolute atomic E-state index is 11.0. The van der Waals surface area contributed by atoms with Crippen LogP contribution in [0, 0.1) is 14.9 Å². The molecule has 3 fully saturated rings. The van der Waals surface area contributed by atoms with Gasteiger partial charge in [0, 0.05) is 17.1 Å². The van der Waals surface area contributed by atoms with E-state index in [-0.39, 0.29) is 52.7 Å². The Morgan fingerprint density at radius 3 is 1.51 bits per heavy atom. The van der Waals surface area contributed by atoms with Crippen LogP contribution in [0.3, 0.4) is 0 Å². The Hall–Kier alpha value is -5.94. The van der Waals surface area contributed by atoms with E-state index >= 15 is 0 Å². The minimum Gasteiger partial charge on any atom is -0.368 e. The summed E-state index contributed by atoms with van der Waals surface area (Å²) in [5.74, 6) is -1.66. The molecule has 3 aliphatic rings. The maximum Gasteiger partial charge on any atom is 0.264 e. The Kier molecular flexibility index (Phi) is 17.9. The zero-order valence-corrected chi connectivity index (χ0v) is 45.5. The molecular weight excluding hydrogens is 1100 g/mol. The maximum atomic E-state index is 11.0. The molecule has 0 aliphatic carbocycles. The Balaban J connectivity index is 0.937. The molecule has 3 heterocycles. The minimum atomic E-state index is -1.66. The summed E-state index contributed by atoms with van der Waals surface area (Å²) >= 11 is 2.28. The van der Waals surface area contributed by atoms with Gasteiger partial charge in [0.2, 0.25) is 0 Å². The number of hydrogen-bond acceptors (Lipinski definition) is 12. The molecule has 0 amide bonds. The van der Waals surface area contributed by atoms with Gasteiger partial charge in [-0.3, -0.25) is 0 Å². The fraction of sp³-hybridized carbons (Fsp3) is 0.308. The summed E-state index contributed by atoms with van der Waals surface area (Å²) in [7, 11) is 1.60. The Labute approximate surface area is 469 Å².